The number of morpholine rings is 1. The van der Waals surface area contributed by atoms with E-state index in [1.54, 1.807) is 0 Å². The Morgan fingerprint density at radius 1 is 1.44 bits per heavy atom. The molecule has 5 heteroatoms. The lowest BCUT2D eigenvalue weighted by Gasteiger charge is -2.46. The molecule has 2 N–H and O–H groups in total. The van der Waals surface area contributed by atoms with Crippen molar-refractivity contribution >= 4 is 6.03 Å². The zero-order chi connectivity index (χ0) is 13.2. The van der Waals surface area contributed by atoms with Crippen LogP contribution in [0.15, 0.2) is 0 Å². The number of ether oxygens (including phenoxy) is 1. The van der Waals surface area contributed by atoms with E-state index in [4.69, 9.17) is 4.74 Å². The number of nitrogens with zero attached hydrogens (tertiary/aromatic N) is 1. The third-order valence-corrected chi connectivity index (χ3v) is 3.70. The fraction of sp³-hybridized carbons (Fsp3) is 0.923. The highest BCUT2D eigenvalue weighted by Crippen LogP contribution is 2.29. The number of hydrogen-bond donors (Lipinski definition) is 2. The average Bonchev–Trinajstić information content (AvgIpc) is 2.28. The van der Waals surface area contributed by atoms with Crippen molar-refractivity contribution in [2.75, 3.05) is 26.2 Å². The topological polar surface area (TPSA) is 53.6 Å². The Balaban J connectivity index is 1.85. The SMILES string of the molecule is CC(C)NC(=O)N1CCC2(CC1)CNCC(C)O2. The molecule has 0 aromatic heterocycles. The minimum atomic E-state index is -0.0493. The van der Waals surface area contributed by atoms with Crippen LogP contribution >= 0.6 is 0 Å². The van der Waals surface area contributed by atoms with Gasteiger partial charge in [-0.25, -0.2) is 4.79 Å². The van der Waals surface area contributed by atoms with Crippen LogP contribution in [0.5, 0.6) is 0 Å². The molecule has 1 unspecified atom stereocenters. The molecule has 2 aliphatic rings. The van der Waals surface area contributed by atoms with Crippen LogP contribution in [0, 0.1) is 0 Å². The molecule has 5 nitrogen and oxygen atoms in total. The fourth-order valence-corrected chi connectivity index (χ4v) is 2.76. The average molecular weight is 255 g/mol. The predicted octanol–water partition coefficient (Wildman–Crippen LogP) is 0.947. The molecular formula is C13H25N3O2. The number of carbonyl (C=O) groups excluding carboxylic acids is 1. The first kappa shape index (κ1) is 13.6. The lowest BCUT2D eigenvalue weighted by Crippen LogP contribution is -2.59. The van der Waals surface area contributed by atoms with Crippen LogP contribution in [-0.2, 0) is 4.74 Å². The smallest absolute Gasteiger partial charge is 0.317 e. The summed E-state index contributed by atoms with van der Waals surface area (Å²) >= 11 is 0. The summed E-state index contributed by atoms with van der Waals surface area (Å²) in [5, 5.41) is 6.37. The molecule has 1 atom stereocenters. The van der Waals surface area contributed by atoms with E-state index in [0.29, 0.717) is 0 Å². The third-order valence-electron chi connectivity index (χ3n) is 3.70. The molecular weight excluding hydrogens is 230 g/mol. The van der Waals surface area contributed by atoms with Crippen molar-refractivity contribution in [3.63, 3.8) is 0 Å². The van der Waals surface area contributed by atoms with Gasteiger partial charge in [-0.3, -0.25) is 0 Å². The molecule has 0 aromatic rings. The Bertz CT molecular complexity index is 299. The van der Waals surface area contributed by atoms with Crippen molar-refractivity contribution in [2.24, 2.45) is 0 Å². The summed E-state index contributed by atoms with van der Waals surface area (Å²) in [7, 11) is 0. The number of hydrogen-bond acceptors (Lipinski definition) is 3. The van der Waals surface area contributed by atoms with Gasteiger partial charge in [0.2, 0.25) is 0 Å². The monoisotopic (exact) mass is 255 g/mol. The molecule has 2 saturated heterocycles. The molecule has 0 saturated carbocycles. The molecule has 0 aliphatic carbocycles. The van der Waals surface area contributed by atoms with Gasteiger partial charge in [0.1, 0.15) is 0 Å². The standard InChI is InChI=1S/C13H25N3O2/c1-10(2)15-12(17)16-6-4-13(5-7-16)9-14-8-11(3)18-13/h10-11,14H,4-9H2,1-3H3,(H,15,17). The molecule has 1 spiro atoms. The van der Waals surface area contributed by atoms with Crippen LogP contribution in [0.3, 0.4) is 0 Å². The number of piperidine rings is 1. The van der Waals surface area contributed by atoms with Crippen LogP contribution in [0.2, 0.25) is 0 Å². The van der Waals surface area contributed by atoms with Crippen molar-refractivity contribution in [3.8, 4) is 0 Å². The summed E-state index contributed by atoms with van der Waals surface area (Å²) < 4.78 is 6.10. The zero-order valence-electron chi connectivity index (χ0n) is 11.7. The highest BCUT2D eigenvalue weighted by Gasteiger charge is 2.39. The van der Waals surface area contributed by atoms with Crippen LogP contribution < -0.4 is 10.6 Å². The number of urea groups is 1. The number of likely N-dealkylation sites (tertiary alicyclic amines) is 1. The van der Waals surface area contributed by atoms with Gasteiger partial charge in [0, 0.05) is 32.2 Å². The maximum absolute atomic E-state index is 11.9. The first-order valence-corrected chi connectivity index (χ1v) is 6.95. The minimum absolute atomic E-state index is 0.0493. The van der Waals surface area contributed by atoms with E-state index >= 15 is 0 Å². The van der Waals surface area contributed by atoms with E-state index in [-0.39, 0.29) is 23.8 Å². The second kappa shape index (κ2) is 5.45. The van der Waals surface area contributed by atoms with Crippen molar-refractivity contribution in [1.82, 2.24) is 15.5 Å². The van der Waals surface area contributed by atoms with Crippen LogP contribution in [-0.4, -0.2) is 54.9 Å². The second-order valence-corrected chi connectivity index (χ2v) is 5.83. The molecule has 0 bridgehead atoms. The van der Waals surface area contributed by atoms with Gasteiger partial charge in [0.15, 0.2) is 0 Å². The molecule has 2 fully saturated rings. The van der Waals surface area contributed by atoms with Gasteiger partial charge in [0.05, 0.1) is 11.7 Å². The fourth-order valence-electron chi connectivity index (χ4n) is 2.76. The van der Waals surface area contributed by atoms with E-state index in [0.717, 1.165) is 39.0 Å². The van der Waals surface area contributed by atoms with Gasteiger partial charge in [-0.05, 0) is 33.6 Å². The van der Waals surface area contributed by atoms with Crippen LogP contribution in [0.1, 0.15) is 33.6 Å². The molecule has 0 radical (unpaired) electrons. The maximum atomic E-state index is 11.9. The normalized spacial score (nSPS) is 27.6. The van der Waals surface area contributed by atoms with Gasteiger partial charge in [-0.2, -0.15) is 0 Å². The number of nitrogens with one attached hydrogen (secondary N) is 2. The summed E-state index contributed by atoms with van der Waals surface area (Å²) in [6.07, 6.45) is 2.13. The Labute approximate surface area is 109 Å². The number of rotatable bonds is 1. The minimum Gasteiger partial charge on any atom is -0.369 e. The highest BCUT2D eigenvalue weighted by molar-refractivity contribution is 5.74. The first-order chi connectivity index (χ1) is 8.51. The number of amides is 2. The summed E-state index contributed by atoms with van der Waals surface area (Å²) in [6.45, 7) is 9.49. The van der Waals surface area contributed by atoms with Crippen LogP contribution in [0.4, 0.5) is 4.79 Å². The van der Waals surface area contributed by atoms with Gasteiger partial charge in [-0.1, -0.05) is 0 Å². The summed E-state index contributed by atoms with van der Waals surface area (Å²) in [5.74, 6) is 0. The van der Waals surface area contributed by atoms with E-state index in [1.165, 1.54) is 0 Å². The Morgan fingerprint density at radius 3 is 2.67 bits per heavy atom. The van der Waals surface area contributed by atoms with E-state index in [2.05, 4.69) is 17.6 Å². The zero-order valence-corrected chi connectivity index (χ0v) is 11.7. The largest absolute Gasteiger partial charge is 0.369 e. The van der Waals surface area contributed by atoms with Crippen molar-refractivity contribution in [1.29, 1.82) is 0 Å². The second-order valence-electron chi connectivity index (χ2n) is 5.83. The summed E-state index contributed by atoms with van der Waals surface area (Å²) in [5.41, 5.74) is -0.0493. The Morgan fingerprint density at radius 2 is 2.11 bits per heavy atom. The molecule has 2 heterocycles. The quantitative estimate of drug-likeness (QED) is 0.733. The predicted molar refractivity (Wildman–Crippen MR) is 70.6 cm³/mol. The maximum Gasteiger partial charge on any atom is 0.317 e. The van der Waals surface area contributed by atoms with Gasteiger partial charge >= 0.3 is 6.03 Å². The molecule has 2 rings (SSSR count). The lowest BCUT2D eigenvalue weighted by molar-refractivity contribution is -0.131. The highest BCUT2D eigenvalue weighted by atomic mass is 16.5. The molecule has 0 aromatic carbocycles. The Kier molecular flexibility index (Phi) is 4.12. The summed E-state index contributed by atoms with van der Waals surface area (Å²) in [4.78, 5) is 13.8. The van der Waals surface area contributed by atoms with Crippen molar-refractivity contribution in [3.05, 3.63) is 0 Å². The lowest BCUT2D eigenvalue weighted by atomic mass is 9.89. The van der Waals surface area contributed by atoms with Gasteiger partial charge in [0.25, 0.3) is 0 Å². The Hall–Kier alpha value is -0.810. The molecule has 104 valence electrons. The molecule has 18 heavy (non-hydrogen) atoms. The molecule has 2 amide bonds. The van der Waals surface area contributed by atoms with Gasteiger partial charge in [-0.15, -0.1) is 0 Å². The first-order valence-electron chi connectivity index (χ1n) is 6.95. The molecule has 2 aliphatic heterocycles. The summed E-state index contributed by atoms with van der Waals surface area (Å²) in [6, 6.07) is 0.248. The van der Waals surface area contributed by atoms with E-state index < -0.39 is 0 Å². The van der Waals surface area contributed by atoms with Gasteiger partial charge < -0.3 is 20.3 Å². The van der Waals surface area contributed by atoms with Crippen molar-refractivity contribution in [2.45, 2.75) is 51.4 Å². The number of carbonyl (C=O) groups is 1. The van der Waals surface area contributed by atoms with Crippen LogP contribution in [0.25, 0.3) is 0 Å². The van der Waals surface area contributed by atoms with E-state index in [1.807, 2.05) is 18.7 Å². The van der Waals surface area contributed by atoms with Crippen molar-refractivity contribution < 1.29 is 9.53 Å². The third kappa shape index (κ3) is 3.14. The van der Waals surface area contributed by atoms with E-state index in [9.17, 15) is 4.79 Å².